The lowest BCUT2D eigenvalue weighted by Crippen LogP contribution is -1.94. The zero-order valence-electron chi connectivity index (χ0n) is 6.75. The van der Waals surface area contributed by atoms with Crippen LogP contribution in [0.3, 0.4) is 0 Å². The van der Waals surface area contributed by atoms with E-state index in [1.165, 1.54) is 11.3 Å². The van der Waals surface area contributed by atoms with Crippen LogP contribution >= 0.6 is 38.9 Å². The number of rotatable bonds is 1. The molecule has 14 heavy (non-hydrogen) atoms. The fourth-order valence-corrected chi connectivity index (χ4v) is 3.10. The number of carboxylic acids is 1. The minimum atomic E-state index is -0.924. The number of thiophene rings is 1. The maximum Gasteiger partial charge on any atom is 0.335 e. The van der Waals surface area contributed by atoms with Crippen LogP contribution in [0.15, 0.2) is 22.7 Å². The van der Waals surface area contributed by atoms with E-state index >= 15 is 0 Å². The predicted molar refractivity (Wildman–Crippen MR) is 61.5 cm³/mol. The highest BCUT2D eigenvalue weighted by Crippen LogP contribution is 2.39. The normalized spacial score (nSPS) is 10.7. The third-order valence-corrected chi connectivity index (χ3v) is 4.51. The highest BCUT2D eigenvalue weighted by molar-refractivity contribution is 9.10. The van der Waals surface area contributed by atoms with E-state index in [0.29, 0.717) is 4.34 Å². The summed E-state index contributed by atoms with van der Waals surface area (Å²) in [4.78, 5) is 10.7. The van der Waals surface area contributed by atoms with Crippen molar-refractivity contribution in [3.63, 3.8) is 0 Å². The molecule has 2 aromatic rings. The van der Waals surface area contributed by atoms with Crippen molar-refractivity contribution in [3.8, 4) is 0 Å². The molecule has 1 N–H and O–H groups in total. The lowest BCUT2D eigenvalue weighted by molar-refractivity contribution is 0.0697. The van der Waals surface area contributed by atoms with Gasteiger partial charge in [0.15, 0.2) is 0 Å². The molecular formula is C9H4BrClO2S. The minimum absolute atomic E-state index is 0.280. The van der Waals surface area contributed by atoms with Crippen LogP contribution < -0.4 is 0 Å². The summed E-state index contributed by atoms with van der Waals surface area (Å²) in [5, 5.41) is 9.73. The molecule has 1 aromatic heterocycles. The Kier molecular flexibility index (Phi) is 2.51. The van der Waals surface area contributed by atoms with Gasteiger partial charge in [-0.15, -0.1) is 11.3 Å². The summed E-state index contributed by atoms with van der Waals surface area (Å²) in [7, 11) is 0. The maximum absolute atomic E-state index is 10.7. The first-order chi connectivity index (χ1) is 6.59. The maximum atomic E-state index is 10.7. The van der Waals surface area contributed by atoms with Gasteiger partial charge in [-0.3, -0.25) is 0 Å². The molecule has 0 spiro atoms. The Morgan fingerprint density at radius 3 is 2.86 bits per heavy atom. The molecule has 2 nitrogen and oxygen atoms in total. The summed E-state index contributed by atoms with van der Waals surface area (Å²) in [6.45, 7) is 0. The van der Waals surface area contributed by atoms with Gasteiger partial charge in [-0.25, -0.2) is 4.79 Å². The van der Waals surface area contributed by atoms with Crippen LogP contribution in [-0.2, 0) is 0 Å². The zero-order valence-corrected chi connectivity index (χ0v) is 9.91. The Morgan fingerprint density at radius 1 is 1.50 bits per heavy atom. The number of hydrogen-bond donors (Lipinski definition) is 1. The van der Waals surface area contributed by atoms with Crippen molar-refractivity contribution in [2.75, 3.05) is 0 Å². The molecule has 0 atom stereocenters. The minimum Gasteiger partial charge on any atom is -0.478 e. The van der Waals surface area contributed by atoms with Crippen LogP contribution in [0.4, 0.5) is 0 Å². The molecule has 0 unspecified atom stereocenters. The number of benzene rings is 1. The summed E-state index contributed by atoms with van der Waals surface area (Å²) in [6.07, 6.45) is 0. The van der Waals surface area contributed by atoms with E-state index in [-0.39, 0.29) is 5.56 Å². The van der Waals surface area contributed by atoms with E-state index in [2.05, 4.69) is 15.9 Å². The van der Waals surface area contributed by atoms with Gasteiger partial charge < -0.3 is 5.11 Å². The molecule has 2 rings (SSSR count). The Bertz CT molecular complexity index is 521. The number of aromatic carboxylic acids is 1. The second-order valence-corrected chi connectivity index (χ2v) is 5.15. The second kappa shape index (κ2) is 3.53. The van der Waals surface area contributed by atoms with E-state index in [4.69, 9.17) is 16.7 Å². The molecule has 0 aliphatic carbocycles. The molecule has 1 heterocycles. The summed E-state index contributed by atoms with van der Waals surface area (Å²) in [5.74, 6) is -0.924. The number of carboxylic acid groups (broad SMARTS) is 1. The fraction of sp³-hybridized carbons (Fsp3) is 0. The molecule has 0 saturated carbocycles. The van der Waals surface area contributed by atoms with Crippen LogP contribution in [0.1, 0.15) is 10.4 Å². The van der Waals surface area contributed by atoms with Gasteiger partial charge in [0, 0.05) is 10.1 Å². The number of carbonyl (C=O) groups is 1. The molecule has 0 amide bonds. The van der Waals surface area contributed by atoms with Crippen LogP contribution in [0.2, 0.25) is 4.34 Å². The van der Waals surface area contributed by atoms with Crippen molar-refractivity contribution < 1.29 is 9.90 Å². The molecule has 0 fully saturated rings. The van der Waals surface area contributed by atoms with Crippen LogP contribution in [0.5, 0.6) is 0 Å². The quantitative estimate of drug-likeness (QED) is 0.862. The van der Waals surface area contributed by atoms with Crippen molar-refractivity contribution in [2.24, 2.45) is 0 Å². The van der Waals surface area contributed by atoms with Crippen molar-refractivity contribution in [1.82, 2.24) is 0 Å². The van der Waals surface area contributed by atoms with Gasteiger partial charge in [0.25, 0.3) is 0 Å². The Balaban J connectivity index is 2.73. The van der Waals surface area contributed by atoms with Crippen molar-refractivity contribution in [2.45, 2.75) is 0 Å². The zero-order chi connectivity index (χ0) is 10.3. The van der Waals surface area contributed by atoms with Crippen molar-refractivity contribution in [1.29, 1.82) is 0 Å². The molecular weight excluding hydrogens is 288 g/mol. The Morgan fingerprint density at radius 2 is 2.21 bits per heavy atom. The Hall–Kier alpha value is -0.580. The van der Waals surface area contributed by atoms with E-state index in [1.807, 2.05) is 0 Å². The summed E-state index contributed by atoms with van der Waals surface area (Å²) in [5.41, 5.74) is 0.280. The number of halogens is 2. The molecule has 5 heteroatoms. The number of hydrogen-bond acceptors (Lipinski definition) is 2. The fourth-order valence-electron chi connectivity index (χ4n) is 1.17. The topological polar surface area (TPSA) is 37.3 Å². The van der Waals surface area contributed by atoms with Gasteiger partial charge in [-0.2, -0.15) is 0 Å². The first kappa shape index (κ1) is 9.96. The molecule has 1 aromatic carbocycles. The number of fused-ring (bicyclic) bond motifs is 1. The molecule has 0 aliphatic heterocycles. The van der Waals surface area contributed by atoms with Gasteiger partial charge in [0.1, 0.15) is 4.34 Å². The first-order valence-electron chi connectivity index (χ1n) is 3.70. The molecule has 0 saturated heterocycles. The van der Waals surface area contributed by atoms with E-state index < -0.39 is 5.97 Å². The molecule has 0 radical (unpaired) electrons. The average molecular weight is 292 g/mol. The lowest BCUT2D eigenvalue weighted by atomic mass is 10.2. The molecule has 0 aliphatic rings. The van der Waals surface area contributed by atoms with Gasteiger partial charge in [-0.05, 0) is 28.1 Å². The van der Waals surface area contributed by atoms with Crippen molar-refractivity contribution in [3.05, 3.63) is 32.6 Å². The summed E-state index contributed by atoms with van der Waals surface area (Å²) < 4.78 is 2.35. The van der Waals surface area contributed by atoms with Gasteiger partial charge >= 0.3 is 5.97 Å². The summed E-state index contributed by atoms with van der Waals surface area (Å²) >= 11 is 10.6. The van der Waals surface area contributed by atoms with E-state index in [9.17, 15) is 4.79 Å². The average Bonchev–Trinajstić information content (AvgIpc) is 2.42. The largest absolute Gasteiger partial charge is 0.478 e. The highest BCUT2D eigenvalue weighted by atomic mass is 79.9. The van der Waals surface area contributed by atoms with Gasteiger partial charge in [0.2, 0.25) is 0 Å². The lowest BCUT2D eigenvalue weighted by Gasteiger charge is -1.93. The van der Waals surface area contributed by atoms with Gasteiger partial charge in [-0.1, -0.05) is 17.7 Å². The third kappa shape index (κ3) is 1.54. The monoisotopic (exact) mass is 290 g/mol. The van der Waals surface area contributed by atoms with E-state index in [0.717, 1.165) is 14.6 Å². The predicted octanol–water partition coefficient (Wildman–Crippen LogP) is 4.02. The van der Waals surface area contributed by atoms with Crippen molar-refractivity contribution >= 4 is 54.9 Å². The van der Waals surface area contributed by atoms with Crippen LogP contribution in [-0.4, -0.2) is 11.1 Å². The Labute approximate surface area is 97.2 Å². The molecule has 72 valence electrons. The second-order valence-electron chi connectivity index (χ2n) is 2.71. The summed E-state index contributed by atoms with van der Waals surface area (Å²) in [6, 6.07) is 4.95. The van der Waals surface area contributed by atoms with Gasteiger partial charge in [0.05, 0.1) is 10.0 Å². The third-order valence-electron chi connectivity index (χ3n) is 1.84. The van der Waals surface area contributed by atoms with Crippen LogP contribution in [0.25, 0.3) is 10.1 Å². The SMILES string of the molecule is O=C(O)c1ccc2c(Br)c(Cl)sc2c1. The van der Waals surface area contributed by atoms with Crippen LogP contribution in [0, 0.1) is 0 Å². The highest BCUT2D eigenvalue weighted by Gasteiger charge is 2.10. The standard InChI is InChI=1S/C9H4BrClO2S/c10-7-5-2-1-4(9(12)13)3-6(5)14-8(7)11/h1-3H,(H,12,13). The van der Waals surface area contributed by atoms with E-state index in [1.54, 1.807) is 18.2 Å². The first-order valence-corrected chi connectivity index (χ1v) is 5.69. The smallest absolute Gasteiger partial charge is 0.335 e. The molecule has 0 bridgehead atoms.